The SMILES string of the molecule is CC#CC(CC)OC(=O)CCCCC(=O)OCCCCCCC. The van der Waals surface area contributed by atoms with Gasteiger partial charge in [-0.2, -0.15) is 0 Å². The van der Waals surface area contributed by atoms with E-state index in [4.69, 9.17) is 9.47 Å². The zero-order valence-electron chi connectivity index (χ0n) is 15.0. The molecule has 0 rings (SSSR count). The Morgan fingerprint density at radius 3 is 2.17 bits per heavy atom. The highest BCUT2D eigenvalue weighted by atomic mass is 16.5. The monoisotopic (exact) mass is 324 g/mol. The summed E-state index contributed by atoms with van der Waals surface area (Å²) in [6, 6.07) is 0. The van der Waals surface area contributed by atoms with Crippen molar-refractivity contribution in [1.82, 2.24) is 0 Å². The van der Waals surface area contributed by atoms with Crippen molar-refractivity contribution >= 4 is 11.9 Å². The molecule has 0 saturated carbocycles. The van der Waals surface area contributed by atoms with Gasteiger partial charge in [-0.3, -0.25) is 9.59 Å². The van der Waals surface area contributed by atoms with Crippen LogP contribution in [0, 0.1) is 11.8 Å². The molecule has 0 fully saturated rings. The van der Waals surface area contributed by atoms with E-state index in [1.165, 1.54) is 19.3 Å². The van der Waals surface area contributed by atoms with Crippen LogP contribution in [-0.2, 0) is 19.1 Å². The Kier molecular flexibility index (Phi) is 14.4. The summed E-state index contributed by atoms with van der Waals surface area (Å²) in [6.07, 6.45) is 8.08. The van der Waals surface area contributed by atoms with Crippen molar-refractivity contribution in [2.24, 2.45) is 0 Å². The van der Waals surface area contributed by atoms with Crippen LogP contribution in [0.5, 0.6) is 0 Å². The highest BCUT2D eigenvalue weighted by molar-refractivity contribution is 5.70. The lowest BCUT2D eigenvalue weighted by Gasteiger charge is -2.10. The fourth-order valence-corrected chi connectivity index (χ4v) is 2.10. The summed E-state index contributed by atoms with van der Waals surface area (Å²) in [6.45, 7) is 6.35. The van der Waals surface area contributed by atoms with Crippen LogP contribution in [0.3, 0.4) is 0 Å². The molecular weight excluding hydrogens is 292 g/mol. The fourth-order valence-electron chi connectivity index (χ4n) is 2.10. The first-order valence-corrected chi connectivity index (χ1v) is 8.91. The van der Waals surface area contributed by atoms with Crippen LogP contribution in [0.15, 0.2) is 0 Å². The number of rotatable bonds is 13. The Morgan fingerprint density at radius 2 is 1.57 bits per heavy atom. The van der Waals surface area contributed by atoms with Crippen molar-refractivity contribution < 1.29 is 19.1 Å². The van der Waals surface area contributed by atoms with Gasteiger partial charge < -0.3 is 9.47 Å². The second-order valence-electron chi connectivity index (χ2n) is 5.62. The summed E-state index contributed by atoms with van der Waals surface area (Å²) in [5, 5.41) is 0. The van der Waals surface area contributed by atoms with Crippen molar-refractivity contribution in [3.05, 3.63) is 0 Å². The van der Waals surface area contributed by atoms with E-state index in [-0.39, 0.29) is 18.0 Å². The first-order chi connectivity index (χ1) is 11.1. The normalized spacial score (nSPS) is 11.3. The Hall–Kier alpha value is -1.50. The number of hydrogen-bond acceptors (Lipinski definition) is 4. The highest BCUT2D eigenvalue weighted by Crippen LogP contribution is 2.07. The zero-order chi connectivity index (χ0) is 17.3. The maximum atomic E-state index is 11.6. The molecule has 23 heavy (non-hydrogen) atoms. The largest absolute Gasteiger partial charge is 0.466 e. The van der Waals surface area contributed by atoms with Gasteiger partial charge in [-0.05, 0) is 32.6 Å². The van der Waals surface area contributed by atoms with E-state index in [2.05, 4.69) is 18.8 Å². The standard InChI is InChI=1S/C19H32O4/c1-4-7-8-9-12-16-22-18(20)14-10-11-15-19(21)23-17(6-3)13-5-2/h17H,4,6-12,14-16H2,1-3H3. The average molecular weight is 324 g/mol. The van der Waals surface area contributed by atoms with Gasteiger partial charge >= 0.3 is 11.9 Å². The minimum atomic E-state index is -0.315. The van der Waals surface area contributed by atoms with Crippen LogP contribution >= 0.6 is 0 Å². The van der Waals surface area contributed by atoms with Crippen molar-refractivity contribution in [3.63, 3.8) is 0 Å². The van der Waals surface area contributed by atoms with Gasteiger partial charge in [0.2, 0.25) is 0 Å². The predicted molar refractivity (Wildman–Crippen MR) is 91.8 cm³/mol. The van der Waals surface area contributed by atoms with Gasteiger partial charge in [0.05, 0.1) is 6.61 Å². The van der Waals surface area contributed by atoms with Gasteiger partial charge in [0.1, 0.15) is 0 Å². The minimum absolute atomic E-state index is 0.169. The lowest BCUT2D eigenvalue weighted by Crippen LogP contribution is -2.15. The van der Waals surface area contributed by atoms with E-state index in [1.54, 1.807) is 6.92 Å². The van der Waals surface area contributed by atoms with E-state index in [9.17, 15) is 9.59 Å². The molecule has 0 aliphatic rings. The van der Waals surface area contributed by atoms with Gasteiger partial charge in [0.15, 0.2) is 6.10 Å². The van der Waals surface area contributed by atoms with Crippen molar-refractivity contribution in [2.75, 3.05) is 6.61 Å². The molecule has 0 aliphatic carbocycles. The molecule has 4 heteroatoms. The molecular formula is C19H32O4. The quantitative estimate of drug-likeness (QED) is 0.286. The van der Waals surface area contributed by atoms with Crippen LogP contribution in [0.2, 0.25) is 0 Å². The molecule has 0 aromatic heterocycles. The third kappa shape index (κ3) is 13.9. The second kappa shape index (κ2) is 15.4. The van der Waals surface area contributed by atoms with Crippen LogP contribution in [-0.4, -0.2) is 24.6 Å². The molecule has 1 unspecified atom stereocenters. The number of unbranched alkanes of at least 4 members (excludes halogenated alkanes) is 5. The number of esters is 2. The molecule has 0 aromatic rings. The summed E-state index contributed by atoms with van der Waals surface area (Å²) >= 11 is 0. The Labute approximate surface area is 141 Å². The number of carbonyl (C=O) groups is 2. The minimum Gasteiger partial charge on any atom is -0.466 e. The first-order valence-electron chi connectivity index (χ1n) is 8.91. The van der Waals surface area contributed by atoms with Crippen LogP contribution in [0.4, 0.5) is 0 Å². The third-order valence-corrected chi connectivity index (χ3v) is 3.47. The average Bonchev–Trinajstić information content (AvgIpc) is 2.54. The third-order valence-electron chi connectivity index (χ3n) is 3.47. The maximum absolute atomic E-state index is 11.6. The lowest BCUT2D eigenvalue weighted by molar-refractivity contribution is -0.147. The molecule has 0 aromatic carbocycles. The summed E-state index contributed by atoms with van der Waals surface area (Å²) in [4.78, 5) is 23.2. The Morgan fingerprint density at radius 1 is 0.913 bits per heavy atom. The van der Waals surface area contributed by atoms with E-state index >= 15 is 0 Å². The Bertz CT molecular complexity index is 379. The van der Waals surface area contributed by atoms with Crippen molar-refractivity contribution in [1.29, 1.82) is 0 Å². The van der Waals surface area contributed by atoms with E-state index in [0.717, 1.165) is 12.8 Å². The summed E-state index contributed by atoms with van der Waals surface area (Å²) in [7, 11) is 0. The van der Waals surface area contributed by atoms with Gasteiger partial charge in [0, 0.05) is 12.8 Å². The van der Waals surface area contributed by atoms with E-state index in [1.807, 2.05) is 6.92 Å². The predicted octanol–water partition coefficient (Wildman–Crippen LogP) is 4.41. The van der Waals surface area contributed by atoms with Crippen molar-refractivity contribution in [3.8, 4) is 11.8 Å². The van der Waals surface area contributed by atoms with Gasteiger partial charge in [-0.25, -0.2) is 0 Å². The highest BCUT2D eigenvalue weighted by Gasteiger charge is 2.10. The summed E-state index contributed by atoms with van der Waals surface area (Å²) in [5.41, 5.74) is 0. The topological polar surface area (TPSA) is 52.6 Å². The molecule has 1 atom stereocenters. The van der Waals surface area contributed by atoms with E-state index in [0.29, 0.717) is 38.7 Å². The number of ether oxygens (including phenoxy) is 2. The van der Waals surface area contributed by atoms with Crippen LogP contribution in [0.25, 0.3) is 0 Å². The second-order valence-corrected chi connectivity index (χ2v) is 5.62. The van der Waals surface area contributed by atoms with Crippen LogP contribution < -0.4 is 0 Å². The molecule has 0 aliphatic heterocycles. The van der Waals surface area contributed by atoms with E-state index < -0.39 is 0 Å². The zero-order valence-corrected chi connectivity index (χ0v) is 15.0. The lowest BCUT2D eigenvalue weighted by atomic mass is 10.2. The molecule has 0 N–H and O–H groups in total. The summed E-state index contributed by atoms with van der Waals surface area (Å²) in [5.74, 6) is 5.18. The molecule has 0 spiro atoms. The van der Waals surface area contributed by atoms with Gasteiger partial charge in [0.25, 0.3) is 0 Å². The molecule has 0 amide bonds. The summed E-state index contributed by atoms with van der Waals surface area (Å²) < 4.78 is 10.4. The molecule has 0 bridgehead atoms. The Balaban J connectivity index is 3.56. The fraction of sp³-hybridized carbons (Fsp3) is 0.789. The number of carbonyl (C=O) groups excluding carboxylic acids is 2. The molecule has 132 valence electrons. The maximum Gasteiger partial charge on any atom is 0.307 e. The molecule has 0 radical (unpaired) electrons. The molecule has 0 heterocycles. The van der Waals surface area contributed by atoms with Gasteiger partial charge in [-0.1, -0.05) is 45.5 Å². The first kappa shape index (κ1) is 21.5. The smallest absolute Gasteiger partial charge is 0.307 e. The molecule has 4 nitrogen and oxygen atoms in total. The van der Waals surface area contributed by atoms with Gasteiger partial charge in [-0.15, -0.1) is 5.92 Å². The molecule has 0 saturated heterocycles. The number of hydrogen-bond donors (Lipinski definition) is 0. The van der Waals surface area contributed by atoms with Crippen molar-refractivity contribution in [2.45, 2.75) is 91.1 Å². The van der Waals surface area contributed by atoms with Crippen LogP contribution in [0.1, 0.15) is 85.0 Å².